The molecule has 0 bridgehead atoms. The third kappa shape index (κ3) is 3.87. The molecule has 0 amide bonds. The summed E-state index contributed by atoms with van der Waals surface area (Å²) in [5.41, 5.74) is 2.38. The number of anilines is 1. The summed E-state index contributed by atoms with van der Waals surface area (Å²) in [6, 6.07) is 20.3. The number of nitrogens with zero attached hydrogens (tertiary/aromatic N) is 2. The van der Waals surface area contributed by atoms with E-state index in [0.717, 1.165) is 38.9 Å². The molecule has 2 aromatic heterocycles. The van der Waals surface area contributed by atoms with Gasteiger partial charge in [-0.25, -0.2) is 9.97 Å². The average molecular weight is 380 g/mol. The monoisotopic (exact) mass is 379 g/mol. The Labute approximate surface area is 161 Å². The predicted octanol–water partition coefficient (Wildman–Crippen LogP) is 5.86. The number of hydrogen-bond donors (Lipinski definition) is 1. The largest absolute Gasteiger partial charge is 0.365 e. The van der Waals surface area contributed by atoms with Crippen molar-refractivity contribution >= 4 is 39.0 Å². The minimum atomic E-state index is 0.697. The van der Waals surface area contributed by atoms with Gasteiger partial charge in [-0.15, -0.1) is 11.3 Å². The molecule has 0 aliphatic heterocycles. The summed E-state index contributed by atoms with van der Waals surface area (Å²) < 4.78 is 0. The molecule has 0 aliphatic rings. The Kier molecular flexibility index (Phi) is 4.87. The Balaban J connectivity index is 1.64. The molecule has 0 fully saturated rings. The topological polar surface area (TPSA) is 37.8 Å². The van der Waals surface area contributed by atoms with Crippen LogP contribution in [0.1, 0.15) is 21.8 Å². The van der Waals surface area contributed by atoms with E-state index in [1.165, 1.54) is 10.4 Å². The molecule has 2 heterocycles. The molecule has 1 N–H and O–H groups in total. The van der Waals surface area contributed by atoms with Crippen LogP contribution in [0.25, 0.3) is 10.2 Å². The SMILES string of the molecule is Cc1cc2c(NCc3ccc(Cl)cc3)nc(Cc3ccccc3)nc2s1. The first-order valence-electron chi connectivity index (χ1n) is 8.47. The van der Waals surface area contributed by atoms with Crippen molar-refractivity contribution in [1.82, 2.24) is 9.97 Å². The van der Waals surface area contributed by atoms with Crippen LogP contribution in [0.3, 0.4) is 0 Å². The molecule has 0 unspecified atom stereocenters. The zero-order valence-electron chi connectivity index (χ0n) is 14.4. The van der Waals surface area contributed by atoms with Crippen LogP contribution in [0.2, 0.25) is 5.02 Å². The van der Waals surface area contributed by atoms with Gasteiger partial charge in [-0.2, -0.15) is 0 Å². The quantitative estimate of drug-likeness (QED) is 0.472. The first-order chi connectivity index (χ1) is 12.7. The Bertz CT molecular complexity index is 1030. The normalized spacial score (nSPS) is 11.0. The molecule has 130 valence electrons. The van der Waals surface area contributed by atoms with Crippen LogP contribution < -0.4 is 5.32 Å². The number of rotatable bonds is 5. The Morgan fingerprint density at radius 2 is 1.73 bits per heavy atom. The number of aryl methyl sites for hydroxylation is 1. The van der Waals surface area contributed by atoms with Gasteiger partial charge in [-0.3, -0.25) is 0 Å². The van der Waals surface area contributed by atoms with Crippen molar-refractivity contribution < 1.29 is 0 Å². The lowest BCUT2D eigenvalue weighted by Gasteiger charge is -2.09. The fourth-order valence-corrected chi connectivity index (χ4v) is 3.89. The lowest BCUT2D eigenvalue weighted by Crippen LogP contribution is -2.05. The highest BCUT2D eigenvalue weighted by molar-refractivity contribution is 7.18. The Morgan fingerprint density at radius 1 is 0.962 bits per heavy atom. The van der Waals surface area contributed by atoms with E-state index >= 15 is 0 Å². The predicted molar refractivity (Wildman–Crippen MR) is 110 cm³/mol. The fourth-order valence-electron chi connectivity index (χ4n) is 2.87. The third-order valence-electron chi connectivity index (χ3n) is 4.14. The van der Waals surface area contributed by atoms with Gasteiger partial charge in [0.25, 0.3) is 0 Å². The summed E-state index contributed by atoms with van der Waals surface area (Å²) in [6.07, 6.45) is 0.726. The smallest absolute Gasteiger partial charge is 0.138 e. The summed E-state index contributed by atoms with van der Waals surface area (Å²) in [7, 11) is 0. The molecule has 3 nitrogen and oxygen atoms in total. The number of aromatic nitrogens is 2. The fraction of sp³-hybridized carbons (Fsp3) is 0.143. The van der Waals surface area contributed by atoms with Gasteiger partial charge in [0.2, 0.25) is 0 Å². The van der Waals surface area contributed by atoms with Crippen LogP contribution in [0.4, 0.5) is 5.82 Å². The maximum Gasteiger partial charge on any atom is 0.138 e. The number of thiophene rings is 1. The summed E-state index contributed by atoms with van der Waals surface area (Å²) in [5.74, 6) is 1.73. The first kappa shape index (κ1) is 17.0. The van der Waals surface area contributed by atoms with Gasteiger partial charge in [-0.1, -0.05) is 54.1 Å². The molecule has 4 aromatic rings. The van der Waals surface area contributed by atoms with E-state index in [-0.39, 0.29) is 0 Å². The molecule has 0 radical (unpaired) electrons. The Morgan fingerprint density at radius 3 is 2.50 bits per heavy atom. The van der Waals surface area contributed by atoms with Gasteiger partial charge < -0.3 is 5.32 Å². The molecule has 0 aliphatic carbocycles. The van der Waals surface area contributed by atoms with E-state index in [9.17, 15) is 0 Å². The number of hydrogen-bond acceptors (Lipinski definition) is 4. The lowest BCUT2D eigenvalue weighted by atomic mass is 10.1. The van der Waals surface area contributed by atoms with Crippen molar-refractivity contribution in [2.45, 2.75) is 19.9 Å². The molecule has 2 aromatic carbocycles. The van der Waals surface area contributed by atoms with E-state index in [1.807, 2.05) is 42.5 Å². The van der Waals surface area contributed by atoms with E-state index < -0.39 is 0 Å². The van der Waals surface area contributed by atoms with Crippen LogP contribution in [0.5, 0.6) is 0 Å². The van der Waals surface area contributed by atoms with Crippen molar-refractivity contribution in [3.8, 4) is 0 Å². The van der Waals surface area contributed by atoms with Crippen molar-refractivity contribution in [3.63, 3.8) is 0 Å². The van der Waals surface area contributed by atoms with Crippen LogP contribution >= 0.6 is 22.9 Å². The average Bonchev–Trinajstić information content (AvgIpc) is 3.02. The van der Waals surface area contributed by atoms with Gasteiger partial charge in [0.1, 0.15) is 16.5 Å². The van der Waals surface area contributed by atoms with E-state index in [1.54, 1.807) is 11.3 Å². The minimum Gasteiger partial charge on any atom is -0.365 e. The molecule has 5 heteroatoms. The van der Waals surface area contributed by atoms with Gasteiger partial charge in [0.05, 0.1) is 5.39 Å². The van der Waals surface area contributed by atoms with Crippen LogP contribution in [0.15, 0.2) is 60.7 Å². The van der Waals surface area contributed by atoms with Gasteiger partial charge in [0, 0.05) is 22.9 Å². The first-order valence-corrected chi connectivity index (χ1v) is 9.66. The highest BCUT2D eigenvalue weighted by Gasteiger charge is 2.11. The summed E-state index contributed by atoms with van der Waals surface area (Å²) >= 11 is 7.67. The molecule has 0 spiro atoms. The Hall–Kier alpha value is -2.43. The van der Waals surface area contributed by atoms with Crippen molar-refractivity contribution in [3.05, 3.63) is 87.5 Å². The second-order valence-corrected chi connectivity index (χ2v) is 7.88. The number of halogens is 1. The zero-order valence-corrected chi connectivity index (χ0v) is 15.9. The molecule has 4 rings (SSSR count). The molecular weight excluding hydrogens is 362 g/mol. The summed E-state index contributed by atoms with van der Waals surface area (Å²) in [4.78, 5) is 11.8. The number of nitrogens with one attached hydrogen (secondary N) is 1. The van der Waals surface area contributed by atoms with Crippen molar-refractivity contribution in [2.24, 2.45) is 0 Å². The van der Waals surface area contributed by atoms with Crippen LogP contribution in [-0.4, -0.2) is 9.97 Å². The highest BCUT2D eigenvalue weighted by atomic mass is 35.5. The highest BCUT2D eigenvalue weighted by Crippen LogP contribution is 2.29. The second kappa shape index (κ2) is 7.44. The molecule has 0 saturated carbocycles. The van der Waals surface area contributed by atoms with E-state index in [2.05, 4.69) is 30.4 Å². The third-order valence-corrected chi connectivity index (χ3v) is 5.34. The molecular formula is C21H18ClN3S. The van der Waals surface area contributed by atoms with Gasteiger partial charge >= 0.3 is 0 Å². The second-order valence-electron chi connectivity index (χ2n) is 6.21. The summed E-state index contributed by atoms with van der Waals surface area (Å²) in [5, 5.41) is 5.30. The minimum absolute atomic E-state index is 0.697. The number of benzene rings is 2. The van der Waals surface area contributed by atoms with Gasteiger partial charge in [0.15, 0.2) is 0 Å². The molecule has 26 heavy (non-hydrogen) atoms. The van der Waals surface area contributed by atoms with Gasteiger partial charge in [-0.05, 0) is 36.2 Å². The van der Waals surface area contributed by atoms with E-state index in [0.29, 0.717) is 6.54 Å². The van der Waals surface area contributed by atoms with Crippen LogP contribution in [0, 0.1) is 6.92 Å². The number of fused-ring (bicyclic) bond motifs is 1. The van der Waals surface area contributed by atoms with E-state index in [4.69, 9.17) is 21.6 Å². The molecule has 0 saturated heterocycles. The zero-order chi connectivity index (χ0) is 17.9. The lowest BCUT2D eigenvalue weighted by molar-refractivity contribution is 0.985. The van der Waals surface area contributed by atoms with Crippen molar-refractivity contribution in [1.29, 1.82) is 0 Å². The molecule has 0 atom stereocenters. The van der Waals surface area contributed by atoms with Crippen molar-refractivity contribution in [2.75, 3.05) is 5.32 Å². The standard InChI is InChI=1S/C21H18ClN3S/c1-14-11-18-20(23-13-16-7-9-17(22)10-8-16)24-19(25-21(18)26-14)12-15-5-3-2-4-6-15/h2-11H,12-13H2,1H3,(H,23,24,25). The van der Waals surface area contributed by atoms with Crippen LogP contribution in [-0.2, 0) is 13.0 Å². The maximum atomic E-state index is 5.97. The maximum absolute atomic E-state index is 5.97. The summed E-state index contributed by atoms with van der Waals surface area (Å²) in [6.45, 7) is 2.80.